The summed E-state index contributed by atoms with van der Waals surface area (Å²) in [6, 6.07) is 5.85. The van der Waals surface area contributed by atoms with Gasteiger partial charge in [0, 0.05) is 5.56 Å². The quantitative estimate of drug-likeness (QED) is 0.736. The molecule has 0 unspecified atom stereocenters. The summed E-state index contributed by atoms with van der Waals surface area (Å²) >= 11 is 0. The van der Waals surface area contributed by atoms with Crippen molar-refractivity contribution in [3.8, 4) is 0 Å². The molecule has 1 aliphatic rings. The standard InChI is InChI=1S/C14H19NO2/c1-13(2)11-7-6-10(9-16)8-12(11)14(3,4)15(13)17-5/h6-9H,1-5H3. The Kier molecular flexibility index (Phi) is 2.64. The molecule has 0 spiro atoms. The summed E-state index contributed by atoms with van der Waals surface area (Å²) in [6.45, 7) is 8.48. The van der Waals surface area contributed by atoms with E-state index in [9.17, 15) is 4.79 Å². The first-order chi connectivity index (χ1) is 7.85. The molecule has 0 saturated carbocycles. The average molecular weight is 233 g/mol. The number of aldehydes is 1. The molecular formula is C14H19NO2. The summed E-state index contributed by atoms with van der Waals surface area (Å²) in [5.41, 5.74) is 2.68. The number of hydroxylamine groups is 2. The Morgan fingerprint density at radius 1 is 1.12 bits per heavy atom. The third-order valence-electron chi connectivity index (χ3n) is 3.70. The zero-order chi connectivity index (χ0) is 12.8. The Balaban J connectivity index is 2.67. The van der Waals surface area contributed by atoms with Crippen molar-refractivity contribution in [2.24, 2.45) is 0 Å². The molecule has 0 aliphatic carbocycles. The fourth-order valence-electron chi connectivity index (χ4n) is 3.05. The van der Waals surface area contributed by atoms with Crippen molar-refractivity contribution in [1.82, 2.24) is 5.06 Å². The fourth-order valence-corrected chi connectivity index (χ4v) is 3.05. The molecule has 1 aromatic carbocycles. The number of nitrogens with zero attached hydrogens (tertiary/aromatic N) is 1. The van der Waals surface area contributed by atoms with E-state index in [1.807, 2.05) is 23.3 Å². The van der Waals surface area contributed by atoms with Crippen molar-refractivity contribution in [1.29, 1.82) is 0 Å². The maximum absolute atomic E-state index is 10.9. The molecule has 0 N–H and O–H groups in total. The van der Waals surface area contributed by atoms with Crippen molar-refractivity contribution in [2.75, 3.05) is 7.11 Å². The molecule has 0 radical (unpaired) electrons. The molecule has 1 heterocycles. The van der Waals surface area contributed by atoms with E-state index in [0.717, 1.165) is 11.8 Å². The molecular weight excluding hydrogens is 214 g/mol. The molecule has 2 rings (SSSR count). The maximum atomic E-state index is 10.9. The lowest BCUT2D eigenvalue weighted by Gasteiger charge is -2.38. The molecule has 0 saturated heterocycles. The molecule has 0 amide bonds. The molecule has 0 fully saturated rings. The van der Waals surface area contributed by atoms with Crippen molar-refractivity contribution in [3.05, 3.63) is 34.9 Å². The van der Waals surface area contributed by atoms with Gasteiger partial charge in [0.05, 0.1) is 18.2 Å². The number of carbonyl (C=O) groups is 1. The van der Waals surface area contributed by atoms with Crippen LogP contribution in [0.25, 0.3) is 0 Å². The molecule has 1 aliphatic heterocycles. The van der Waals surface area contributed by atoms with Gasteiger partial charge in [-0.05, 0) is 44.9 Å². The van der Waals surface area contributed by atoms with Crippen molar-refractivity contribution < 1.29 is 9.63 Å². The average Bonchev–Trinajstić information content (AvgIpc) is 2.42. The van der Waals surface area contributed by atoms with E-state index < -0.39 is 0 Å². The third kappa shape index (κ3) is 1.53. The summed E-state index contributed by atoms with van der Waals surface area (Å²) in [5.74, 6) is 0. The topological polar surface area (TPSA) is 29.5 Å². The Morgan fingerprint density at radius 2 is 1.71 bits per heavy atom. The molecule has 92 valence electrons. The number of benzene rings is 1. The van der Waals surface area contributed by atoms with Crippen LogP contribution in [0.15, 0.2) is 18.2 Å². The number of hydrogen-bond donors (Lipinski definition) is 0. The van der Waals surface area contributed by atoms with E-state index in [-0.39, 0.29) is 11.1 Å². The van der Waals surface area contributed by atoms with Crippen LogP contribution in [-0.2, 0) is 15.9 Å². The van der Waals surface area contributed by atoms with Crippen LogP contribution < -0.4 is 0 Å². The Bertz CT molecular complexity index is 463. The van der Waals surface area contributed by atoms with Crippen molar-refractivity contribution in [3.63, 3.8) is 0 Å². The van der Waals surface area contributed by atoms with Gasteiger partial charge in [0.25, 0.3) is 0 Å². The third-order valence-corrected chi connectivity index (χ3v) is 3.70. The van der Waals surface area contributed by atoms with Gasteiger partial charge in [0.1, 0.15) is 6.29 Å². The van der Waals surface area contributed by atoms with E-state index in [0.29, 0.717) is 5.56 Å². The predicted molar refractivity (Wildman–Crippen MR) is 66.7 cm³/mol. The van der Waals surface area contributed by atoms with E-state index in [1.54, 1.807) is 7.11 Å². The lowest BCUT2D eigenvalue weighted by atomic mass is 9.89. The van der Waals surface area contributed by atoms with E-state index in [1.165, 1.54) is 5.56 Å². The van der Waals surface area contributed by atoms with Gasteiger partial charge in [-0.2, -0.15) is 5.06 Å². The van der Waals surface area contributed by atoms with Crippen LogP contribution in [0.3, 0.4) is 0 Å². The van der Waals surface area contributed by atoms with E-state index in [2.05, 4.69) is 27.7 Å². The normalized spacial score (nSPS) is 21.2. The van der Waals surface area contributed by atoms with Crippen LogP contribution >= 0.6 is 0 Å². The van der Waals surface area contributed by atoms with Crippen LogP contribution in [0.5, 0.6) is 0 Å². The Hall–Kier alpha value is -1.19. The molecule has 1 aromatic rings. The molecule has 3 heteroatoms. The highest BCUT2D eigenvalue weighted by Crippen LogP contribution is 2.49. The van der Waals surface area contributed by atoms with E-state index in [4.69, 9.17) is 4.84 Å². The Labute approximate surface area is 102 Å². The summed E-state index contributed by atoms with van der Waals surface area (Å²) < 4.78 is 0. The molecule has 0 bridgehead atoms. The van der Waals surface area contributed by atoms with Gasteiger partial charge in [-0.1, -0.05) is 12.1 Å². The number of carbonyl (C=O) groups excluding carboxylic acids is 1. The van der Waals surface area contributed by atoms with Gasteiger partial charge < -0.3 is 4.84 Å². The summed E-state index contributed by atoms with van der Waals surface area (Å²) in [7, 11) is 1.69. The van der Waals surface area contributed by atoms with Crippen LogP contribution in [-0.4, -0.2) is 18.5 Å². The van der Waals surface area contributed by atoms with Gasteiger partial charge in [-0.3, -0.25) is 4.79 Å². The van der Waals surface area contributed by atoms with Crippen LogP contribution in [0, 0.1) is 0 Å². The van der Waals surface area contributed by atoms with E-state index >= 15 is 0 Å². The lowest BCUT2D eigenvalue weighted by molar-refractivity contribution is -0.241. The zero-order valence-electron chi connectivity index (χ0n) is 11.1. The highest BCUT2D eigenvalue weighted by Gasteiger charge is 2.49. The largest absolute Gasteiger partial charge is 0.301 e. The first-order valence-electron chi connectivity index (χ1n) is 5.80. The Morgan fingerprint density at radius 3 is 2.24 bits per heavy atom. The monoisotopic (exact) mass is 233 g/mol. The van der Waals surface area contributed by atoms with Crippen molar-refractivity contribution >= 4 is 6.29 Å². The lowest BCUT2D eigenvalue weighted by Crippen LogP contribution is -2.44. The molecule has 17 heavy (non-hydrogen) atoms. The molecule has 0 aromatic heterocycles. The van der Waals surface area contributed by atoms with Crippen LogP contribution in [0.4, 0.5) is 0 Å². The first-order valence-corrected chi connectivity index (χ1v) is 5.80. The van der Waals surface area contributed by atoms with Gasteiger partial charge in [-0.25, -0.2) is 0 Å². The minimum Gasteiger partial charge on any atom is -0.301 e. The van der Waals surface area contributed by atoms with Crippen LogP contribution in [0.2, 0.25) is 0 Å². The van der Waals surface area contributed by atoms with Crippen molar-refractivity contribution in [2.45, 2.75) is 38.8 Å². The highest BCUT2D eigenvalue weighted by atomic mass is 16.7. The SMILES string of the molecule is CON1C(C)(C)c2ccc(C=O)cc2C1(C)C. The smallest absolute Gasteiger partial charge is 0.150 e. The summed E-state index contributed by atoms with van der Waals surface area (Å²) in [4.78, 5) is 16.4. The molecule has 3 nitrogen and oxygen atoms in total. The second-order valence-corrected chi connectivity index (χ2v) is 5.52. The first kappa shape index (κ1) is 12.3. The minimum absolute atomic E-state index is 0.186. The maximum Gasteiger partial charge on any atom is 0.150 e. The fraction of sp³-hybridized carbons (Fsp3) is 0.500. The van der Waals surface area contributed by atoms with Crippen LogP contribution in [0.1, 0.15) is 49.2 Å². The molecule has 0 atom stereocenters. The zero-order valence-corrected chi connectivity index (χ0v) is 11.1. The predicted octanol–water partition coefficient (Wildman–Crippen LogP) is 2.85. The highest BCUT2D eigenvalue weighted by molar-refractivity contribution is 5.76. The number of hydrogen-bond acceptors (Lipinski definition) is 3. The summed E-state index contributed by atoms with van der Waals surface area (Å²) in [6.07, 6.45) is 0.888. The number of fused-ring (bicyclic) bond motifs is 1. The van der Waals surface area contributed by atoms with Gasteiger partial charge in [0.2, 0.25) is 0 Å². The summed E-state index contributed by atoms with van der Waals surface area (Å²) in [5, 5.41) is 1.99. The van der Waals surface area contributed by atoms with Gasteiger partial charge >= 0.3 is 0 Å². The second kappa shape index (κ2) is 3.65. The van der Waals surface area contributed by atoms with Gasteiger partial charge in [0.15, 0.2) is 0 Å². The number of rotatable bonds is 2. The second-order valence-electron chi connectivity index (χ2n) is 5.52. The van der Waals surface area contributed by atoms with Gasteiger partial charge in [-0.15, -0.1) is 0 Å². The minimum atomic E-state index is -0.230.